The number of para-hydroxylation sites is 1. The van der Waals surface area contributed by atoms with Crippen molar-refractivity contribution in [3.63, 3.8) is 0 Å². The van der Waals surface area contributed by atoms with Crippen molar-refractivity contribution in [1.82, 2.24) is 0 Å². The van der Waals surface area contributed by atoms with Crippen LogP contribution in [-0.4, -0.2) is 4.92 Å². The van der Waals surface area contributed by atoms with Crippen LogP contribution in [0.1, 0.15) is 0 Å². The zero-order valence-corrected chi connectivity index (χ0v) is 8.18. The molecule has 0 heterocycles. The Bertz CT molecular complexity index is 540. The lowest BCUT2D eigenvalue weighted by atomic mass is 10.0. The molecule has 3 nitrogen and oxygen atoms in total. The number of nitrogens with zero attached hydrogens (tertiary/aromatic N) is 1. The number of halogens is 1. The first-order valence-corrected chi connectivity index (χ1v) is 4.60. The smallest absolute Gasteiger partial charge is 0.258 e. The number of rotatable bonds is 2. The first-order valence-electron chi connectivity index (χ1n) is 4.60. The van der Waals surface area contributed by atoms with Crippen molar-refractivity contribution in [3.05, 3.63) is 64.5 Å². The van der Waals surface area contributed by atoms with Crippen molar-refractivity contribution in [2.24, 2.45) is 0 Å². The highest BCUT2D eigenvalue weighted by Crippen LogP contribution is 2.30. The van der Waals surface area contributed by atoms with Crippen LogP contribution in [0.5, 0.6) is 0 Å². The van der Waals surface area contributed by atoms with Crippen molar-refractivity contribution in [2.45, 2.75) is 0 Å². The number of benzene rings is 2. The van der Waals surface area contributed by atoms with Gasteiger partial charge in [-0.05, 0) is 18.2 Å². The second-order valence-corrected chi connectivity index (χ2v) is 3.17. The fraction of sp³-hybridized carbons (Fsp3) is 0. The van der Waals surface area contributed by atoms with Gasteiger partial charge in [0.25, 0.3) is 5.69 Å². The Hall–Kier alpha value is -2.23. The third-order valence-corrected chi connectivity index (χ3v) is 2.18. The first kappa shape index (κ1) is 10.3. The summed E-state index contributed by atoms with van der Waals surface area (Å²) in [5.74, 6) is -0.481. The van der Waals surface area contributed by atoms with Crippen LogP contribution in [0.4, 0.5) is 10.1 Å². The maximum atomic E-state index is 13.5. The van der Waals surface area contributed by atoms with Gasteiger partial charge in [-0.15, -0.1) is 0 Å². The minimum atomic E-state index is -0.568. The van der Waals surface area contributed by atoms with Crippen LogP contribution < -0.4 is 0 Å². The molecular formula is C12H7FNO2. The maximum absolute atomic E-state index is 13.5. The summed E-state index contributed by atoms with van der Waals surface area (Å²) in [6.07, 6.45) is 0. The molecule has 2 rings (SSSR count). The van der Waals surface area contributed by atoms with Crippen molar-refractivity contribution in [3.8, 4) is 11.1 Å². The second kappa shape index (κ2) is 4.10. The summed E-state index contributed by atoms with van der Waals surface area (Å²) < 4.78 is 13.5. The summed E-state index contributed by atoms with van der Waals surface area (Å²) in [6, 6.07) is 13.0. The quantitative estimate of drug-likeness (QED) is 0.571. The molecule has 16 heavy (non-hydrogen) atoms. The predicted molar refractivity (Wildman–Crippen MR) is 57.3 cm³/mol. The molecule has 0 aliphatic carbocycles. The normalized spacial score (nSPS) is 10.1. The molecule has 0 saturated heterocycles. The molecule has 0 aromatic heterocycles. The molecular weight excluding hydrogens is 209 g/mol. The molecule has 0 atom stereocenters. The molecule has 0 fully saturated rings. The standard InChI is InChI=1S/C12H7FNO2/c13-11-7-3-1-5-9(11)10-6-2-4-8-12(10)14(15)16/h1-7H. The van der Waals surface area contributed by atoms with E-state index in [4.69, 9.17) is 0 Å². The molecule has 2 aromatic carbocycles. The highest BCUT2D eigenvalue weighted by Gasteiger charge is 2.16. The number of nitro groups is 1. The molecule has 0 unspecified atom stereocenters. The van der Waals surface area contributed by atoms with Crippen LogP contribution in [0.3, 0.4) is 0 Å². The summed E-state index contributed by atoms with van der Waals surface area (Å²) in [5, 5.41) is 10.8. The Morgan fingerprint density at radius 1 is 1.12 bits per heavy atom. The maximum Gasteiger partial charge on any atom is 0.285 e. The number of hydrogen-bond donors (Lipinski definition) is 0. The van der Waals surface area contributed by atoms with Gasteiger partial charge >= 0.3 is 0 Å². The van der Waals surface area contributed by atoms with Crippen LogP contribution >= 0.6 is 0 Å². The van der Waals surface area contributed by atoms with Gasteiger partial charge in [0.1, 0.15) is 5.82 Å². The fourth-order valence-electron chi connectivity index (χ4n) is 1.48. The van der Waals surface area contributed by atoms with Gasteiger partial charge in [0.15, 0.2) is 0 Å². The average molecular weight is 216 g/mol. The highest BCUT2D eigenvalue weighted by atomic mass is 19.1. The average Bonchev–Trinajstić information content (AvgIpc) is 2.29. The van der Waals surface area contributed by atoms with Crippen LogP contribution in [0.25, 0.3) is 11.1 Å². The Balaban J connectivity index is 2.65. The first-order chi connectivity index (χ1) is 7.70. The topological polar surface area (TPSA) is 43.1 Å². The molecule has 0 bridgehead atoms. The van der Waals surface area contributed by atoms with Crippen molar-refractivity contribution in [2.75, 3.05) is 0 Å². The molecule has 4 heteroatoms. The largest absolute Gasteiger partial charge is 0.285 e. The van der Waals surface area contributed by atoms with Gasteiger partial charge in [-0.1, -0.05) is 24.3 Å². The highest BCUT2D eigenvalue weighted by molar-refractivity contribution is 5.73. The van der Waals surface area contributed by atoms with E-state index in [1.807, 2.05) is 0 Å². The second-order valence-electron chi connectivity index (χ2n) is 3.17. The summed E-state index contributed by atoms with van der Waals surface area (Å²) >= 11 is 0. The van der Waals surface area contributed by atoms with E-state index >= 15 is 0 Å². The Morgan fingerprint density at radius 2 is 1.81 bits per heavy atom. The summed E-state index contributed by atoms with van der Waals surface area (Å²) in [6.45, 7) is 0. The Labute approximate surface area is 91.3 Å². The van der Waals surface area contributed by atoms with Crippen molar-refractivity contribution in [1.29, 1.82) is 0 Å². The van der Waals surface area contributed by atoms with Crippen LogP contribution in [-0.2, 0) is 0 Å². The van der Waals surface area contributed by atoms with E-state index < -0.39 is 10.7 Å². The van der Waals surface area contributed by atoms with Crippen molar-refractivity contribution < 1.29 is 9.31 Å². The molecule has 1 radical (unpaired) electrons. The summed E-state index contributed by atoms with van der Waals surface area (Å²) in [4.78, 5) is 10.2. The van der Waals surface area contributed by atoms with E-state index in [1.54, 1.807) is 12.1 Å². The number of nitro benzene ring substituents is 1. The van der Waals surface area contributed by atoms with Crippen LogP contribution in [0, 0.1) is 22.0 Å². The Morgan fingerprint density at radius 3 is 2.50 bits per heavy atom. The molecule has 0 saturated carbocycles. The SMILES string of the molecule is O=[N+]([O-])c1[c]cccc1-c1ccccc1F. The molecule has 79 valence electrons. The van der Waals surface area contributed by atoms with Gasteiger partial charge in [-0.3, -0.25) is 10.1 Å². The summed E-state index contributed by atoms with van der Waals surface area (Å²) in [7, 11) is 0. The fourth-order valence-corrected chi connectivity index (χ4v) is 1.48. The van der Waals surface area contributed by atoms with Crippen LogP contribution in [0.2, 0.25) is 0 Å². The van der Waals surface area contributed by atoms with E-state index in [1.165, 1.54) is 30.3 Å². The van der Waals surface area contributed by atoms with Gasteiger partial charge in [0, 0.05) is 5.56 Å². The predicted octanol–water partition coefficient (Wildman–Crippen LogP) is 3.20. The van der Waals surface area contributed by atoms with Gasteiger partial charge in [0.2, 0.25) is 0 Å². The van der Waals surface area contributed by atoms with E-state index in [2.05, 4.69) is 6.07 Å². The van der Waals surface area contributed by atoms with Crippen LogP contribution in [0.15, 0.2) is 42.5 Å². The molecule has 0 spiro atoms. The van der Waals surface area contributed by atoms with E-state index in [9.17, 15) is 14.5 Å². The minimum absolute atomic E-state index is 0.214. The van der Waals surface area contributed by atoms with E-state index in [-0.39, 0.29) is 16.8 Å². The lowest BCUT2D eigenvalue weighted by molar-refractivity contribution is -0.384. The lowest BCUT2D eigenvalue weighted by Gasteiger charge is -2.03. The molecule has 0 N–H and O–H groups in total. The van der Waals surface area contributed by atoms with Gasteiger partial charge in [-0.2, -0.15) is 0 Å². The minimum Gasteiger partial charge on any atom is -0.258 e. The third kappa shape index (κ3) is 1.77. The summed E-state index contributed by atoms with van der Waals surface area (Å²) in [5.41, 5.74) is 0.240. The molecule has 0 aliphatic heterocycles. The lowest BCUT2D eigenvalue weighted by Crippen LogP contribution is -1.93. The molecule has 0 aliphatic rings. The number of hydrogen-bond acceptors (Lipinski definition) is 2. The van der Waals surface area contributed by atoms with E-state index in [0.717, 1.165) is 0 Å². The van der Waals surface area contributed by atoms with Crippen molar-refractivity contribution >= 4 is 5.69 Å². The third-order valence-electron chi connectivity index (χ3n) is 2.18. The van der Waals surface area contributed by atoms with Gasteiger partial charge < -0.3 is 0 Å². The zero-order valence-electron chi connectivity index (χ0n) is 8.18. The monoisotopic (exact) mass is 216 g/mol. The van der Waals surface area contributed by atoms with Gasteiger partial charge in [-0.25, -0.2) is 4.39 Å². The van der Waals surface area contributed by atoms with E-state index in [0.29, 0.717) is 0 Å². The zero-order chi connectivity index (χ0) is 11.5. The van der Waals surface area contributed by atoms with Gasteiger partial charge in [0.05, 0.1) is 16.6 Å². The Kier molecular flexibility index (Phi) is 2.64. The molecule has 2 aromatic rings. The molecule has 0 amide bonds.